The summed E-state index contributed by atoms with van der Waals surface area (Å²) in [5.74, 6) is -2.07. The van der Waals surface area contributed by atoms with Crippen LogP contribution in [0.5, 0.6) is 0 Å². The predicted molar refractivity (Wildman–Crippen MR) is 67.2 cm³/mol. The van der Waals surface area contributed by atoms with E-state index in [-0.39, 0.29) is 24.9 Å². The highest BCUT2D eigenvalue weighted by Gasteiger charge is 2.27. The summed E-state index contributed by atoms with van der Waals surface area (Å²) < 4.78 is 26.8. The third-order valence-corrected chi connectivity index (χ3v) is 2.68. The Bertz CT molecular complexity index is 467. The highest BCUT2D eigenvalue weighted by Crippen LogP contribution is 2.33. The normalized spacial score (nSPS) is 10.8. The molecule has 1 aromatic rings. The molecule has 0 aliphatic heterocycles. The van der Waals surface area contributed by atoms with E-state index in [4.69, 9.17) is 5.11 Å². The lowest BCUT2D eigenvalue weighted by Gasteiger charge is -2.28. The van der Waals surface area contributed by atoms with Crippen LogP contribution in [-0.2, 0) is 0 Å². The van der Waals surface area contributed by atoms with E-state index in [1.165, 1.54) is 4.90 Å². The van der Waals surface area contributed by atoms with E-state index in [1.807, 2.05) is 0 Å². The maximum Gasteiger partial charge on any atom is 0.328 e. The minimum Gasteiger partial charge on any atom is -0.396 e. The zero-order valence-electron chi connectivity index (χ0n) is 10.8. The standard InChI is InChI=1S/C12H16F2N2O3/c1-8(2)15(4-3-5-17)11-7-9(13)6-10(14)12(11)16(18)19/h6-8,17H,3-5H2,1-2H3. The molecular formula is C12H16F2N2O3. The smallest absolute Gasteiger partial charge is 0.328 e. The molecule has 1 N–H and O–H groups in total. The lowest BCUT2D eigenvalue weighted by molar-refractivity contribution is -0.386. The number of halogens is 2. The highest BCUT2D eigenvalue weighted by atomic mass is 19.1. The van der Waals surface area contributed by atoms with Gasteiger partial charge in [0.25, 0.3) is 0 Å². The van der Waals surface area contributed by atoms with Crippen molar-refractivity contribution in [2.24, 2.45) is 0 Å². The van der Waals surface area contributed by atoms with E-state index >= 15 is 0 Å². The third kappa shape index (κ3) is 3.60. The van der Waals surface area contributed by atoms with Gasteiger partial charge in [-0.15, -0.1) is 0 Å². The Hall–Kier alpha value is -1.76. The Morgan fingerprint density at radius 3 is 2.53 bits per heavy atom. The maximum absolute atomic E-state index is 13.5. The van der Waals surface area contributed by atoms with Gasteiger partial charge in [-0.05, 0) is 20.3 Å². The molecule has 0 spiro atoms. The summed E-state index contributed by atoms with van der Waals surface area (Å²) in [4.78, 5) is 11.6. The summed E-state index contributed by atoms with van der Waals surface area (Å²) in [5.41, 5.74) is -0.848. The predicted octanol–water partition coefficient (Wildman–Crippen LogP) is 2.47. The molecule has 5 nitrogen and oxygen atoms in total. The Kier molecular flexibility index (Phi) is 5.17. The fourth-order valence-electron chi connectivity index (χ4n) is 1.85. The summed E-state index contributed by atoms with van der Waals surface area (Å²) in [6.07, 6.45) is 0.355. The number of aliphatic hydroxyl groups is 1. The van der Waals surface area contributed by atoms with Crippen molar-refractivity contribution < 1.29 is 18.8 Å². The maximum atomic E-state index is 13.5. The fraction of sp³-hybridized carbons (Fsp3) is 0.500. The number of nitro benzene ring substituents is 1. The van der Waals surface area contributed by atoms with Gasteiger partial charge >= 0.3 is 5.69 Å². The number of benzene rings is 1. The number of anilines is 1. The van der Waals surface area contributed by atoms with E-state index in [0.717, 1.165) is 6.07 Å². The lowest BCUT2D eigenvalue weighted by atomic mass is 10.2. The van der Waals surface area contributed by atoms with Crippen LogP contribution in [-0.4, -0.2) is 29.2 Å². The van der Waals surface area contributed by atoms with Crippen molar-refractivity contribution in [3.63, 3.8) is 0 Å². The van der Waals surface area contributed by atoms with Crippen LogP contribution in [0.2, 0.25) is 0 Å². The molecule has 106 valence electrons. The van der Waals surface area contributed by atoms with Crippen LogP contribution in [0.3, 0.4) is 0 Å². The fourth-order valence-corrected chi connectivity index (χ4v) is 1.85. The van der Waals surface area contributed by atoms with E-state index in [1.54, 1.807) is 13.8 Å². The third-order valence-electron chi connectivity index (χ3n) is 2.68. The molecule has 0 heterocycles. The van der Waals surface area contributed by atoms with Crippen LogP contribution in [0.1, 0.15) is 20.3 Å². The molecule has 0 aliphatic rings. The minimum absolute atomic E-state index is 0.102. The van der Waals surface area contributed by atoms with Crippen LogP contribution in [0, 0.1) is 21.7 Å². The quantitative estimate of drug-likeness (QED) is 0.639. The topological polar surface area (TPSA) is 66.6 Å². The van der Waals surface area contributed by atoms with Gasteiger partial charge in [-0.3, -0.25) is 10.1 Å². The summed E-state index contributed by atoms with van der Waals surface area (Å²) in [6.45, 7) is 3.68. The Balaban J connectivity index is 3.31. The molecule has 19 heavy (non-hydrogen) atoms. The summed E-state index contributed by atoms with van der Waals surface area (Å²) in [5, 5.41) is 19.7. The summed E-state index contributed by atoms with van der Waals surface area (Å²) in [6, 6.07) is 1.25. The second kappa shape index (κ2) is 6.42. The number of aliphatic hydroxyl groups excluding tert-OH is 1. The van der Waals surface area contributed by atoms with E-state index < -0.39 is 22.2 Å². The van der Waals surface area contributed by atoms with Crippen molar-refractivity contribution in [1.82, 2.24) is 0 Å². The Morgan fingerprint density at radius 1 is 1.42 bits per heavy atom. The van der Waals surface area contributed by atoms with Gasteiger partial charge in [-0.1, -0.05) is 0 Å². The number of hydrogen-bond acceptors (Lipinski definition) is 4. The van der Waals surface area contributed by atoms with Crippen LogP contribution < -0.4 is 4.90 Å². The van der Waals surface area contributed by atoms with Crippen molar-refractivity contribution >= 4 is 11.4 Å². The zero-order chi connectivity index (χ0) is 14.6. The Morgan fingerprint density at radius 2 is 2.05 bits per heavy atom. The molecule has 0 radical (unpaired) electrons. The van der Waals surface area contributed by atoms with Gasteiger partial charge in [0.1, 0.15) is 11.5 Å². The van der Waals surface area contributed by atoms with Gasteiger partial charge < -0.3 is 10.0 Å². The van der Waals surface area contributed by atoms with Crippen LogP contribution in [0.15, 0.2) is 12.1 Å². The molecule has 0 aliphatic carbocycles. The number of hydrogen-bond donors (Lipinski definition) is 1. The molecule has 0 saturated carbocycles. The zero-order valence-corrected chi connectivity index (χ0v) is 10.8. The van der Waals surface area contributed by atoms with Gasteiger partial charge in [-0.25, -0.2) is 4.39 Å². The number of nitrogens with zero attached hydrogens (tertiary/aromatic N) is 2. The van der Waals surface area contributed by atoms with Crippen molar-refractivity contribution in [3.8, 4) is 0 Å². The van der Waals surface area contributed by atoms with Crippen LogP contribution in [0.25, 0.3) is 0 Å². The first-order valence-electron chi connectivity index (χ1n) is 5.89. The average molecular weight is 274 g/mol. The molecular weight excluding hydrogens is 258 g/mol. The van der Waals surface area contributed by atoms with Gasteiger partial charge in [0, 0.05) is 31.3 Å². The first-order valence-corrected chi connectivity index (χ1v) is 5.89. The molecule has 0 bridgehead atoms. The second-order valence-corrected chi connectivity index (χ2v) is 4.38. The molecule has 1 aromatic carbocycles. The summed E-state index contributed by atoms with van der Waals surface area (Å²) >= 11 is 0. The van der Waals surface area contributed by atoms with Crippen molar-refractivity contribution in [3.05, 3.63) is 33.9 Å². The van der Waals surface area contributed by atoms with Gasteiger partial charge in [0.05, 0.1) is 4.92 Å². The van der Waals surface area contributed by atoms with Crippen molar-refractivity contribution in [2.75, 3.05) is 18.1 Å². The molecule has 0 unspecified atom stereocenters. The van der Waals surface area contributed by atoms with Gasteiger partial charge in [0.15, 0.2) is 0 Å². The molecule has 0 amide bonds. The lowest BCUT2D eigenvalue weighted by Crippen LogP contribution is -2.33. The first-order chi connectivity index (χ1) is 8.88. The van der Waals surface area contributed by atoms with Crippen molar-refractivity contribution in [2.45, 2.75) is 26.3 Å². The van der Waals surface area contributed by atoms with Gasteiger partial charge in [-0.2, -0.15) is 4.39 Å². The van der Waals surface area contributed by atoms with Crippen LogP contribution >= 0.6 is 0 Å². The number of rotatable bonds is 6. The number of nitro groups is 1. The SMILES string of the molecule is CC(C)N(CCCO)c1cc(F)cc(F)c1[N+](=O)[O-]. The molecule has 0 atom stereocenters. The molecule has 0 aromatic heterocycles. The molecule has 7 heteroatoms. The highest BCUT2D eigenvalue weighted by molar-refractivity contribution is 5.64. The molecule has 0 fully saturated rings. The molecule has 0 saturated heterocycles. The largest absolute Gasteiger partial charge is 0.396 e. The first kappa shape index (κ1) is 15.3. The molecule has 1 rings (SSSR count). The van der Waals surface area contributed by atoms with E-state index in [9.17, 15) is 18.9 Å². The van der Waals surface area contributed by atoms with Crippen LogP contribution in [0.4, 0.5) is 20.2 Å². The van der Waals surface area contributed by atoms with Gasteiger partial charge in [0.2, 0.25) is 5.82 Å². The van der Waals surface area contributed by atoms with E-state index in [2.05, 4.69) is 0 Å². The minimum atomic E-state index is -1.20. The summed E-state index contributed by atoms with van der Waals surface area (Å²) in [7, 11) is 0. The van der Waals surface area contributed by atoms with Crippen molar-refractivity contribution in [1.29, 1.82) is 0 Å². The van der Waals surface area contributed by atoms with E-state index in [0.29, 0.717) is 12.5 Å². The second-order valence-electron chi connectivity index (χ2n) is 4.38. The Labute approximate surface area is 109 Å². The average Bonchev–Trinajstić information content (AvgIpc) is 2.27. The monoisotopic (exact) mass is 274 g/mol.